The summed E-state index contributed by atoms with van der Waals surface area (Å²) < 4.78 is 29.1. The van der Waals surface area contributed by atoms with Crippen LogP contribution < -0.4 is 4.90 Å². The van der Waals surface area contributed by atoms with E-state index in [1.54, 1.807) is 18.3 Å². The summed E-state index contributed by atoms with van der Waals surface area (Å²) in [6, 6.07) is 6.13. The fourth-order valence-corrected chi connectivity index (χ4v) is 4.92. The first kappa shape index (κ1) is 16.7. The molecular formula is C17H18N2O4S2. The van der Waals surface area contributed by atoms with Crippen LogP contribution in [0.4, 0.5) is 5.13 Å². The summed E-state index contributed by atoms with van der Waals surface area (Å²) >= 11 is 1.35. The van der Waals surface area contributed by atoms with Gasteiger partial charge in [-0.2, -0.15) is 0 Å². The number of benzene rings is 1. The molecule has 2 atom stereocenters. The van der Waals surface area contributed by atoms with Gasteiger partial charge in [-0.3, -0.25) is 4.79 Å². The second-order valence-electron chi connectivity index (χ2n) is 6.50. The zero-order valence-electron chi connectivity index (χ0n) is 13.7. The van der Waals surface area contributed by atoms with Crippen molar-refractivity contribution in [2.75, 3.05) is 30.9 Å². The third-order valence-electron chi connectivity index (χ3n) is 4.71. The molecular weight excluding hydrogens is 360 g/mol. The van der Waals surface area contributed by atoms with E-state index in [-0.39, 0.29) is 16.8 Å². The van der Waals surface area contributed by atoms with Crippen LogP contribution in [0.5, 0.6) is 0 Å². The molecule has 0 saturated carbocycles. The Bertz CT molecular complexity index is 910. The Morgan fingerprint density at radius 2 is 2.20 bits per heavy atom. The van der Waals surface area contributed by atoms with Crippen LogP contribution in [-0.4, -0.2) is 51.2 Å². The van der Waals surface area contributed by atoms with E-state index in [1.165, 1.54) is 23.5 Å². The summed E-state index contributed by atoms with van der Waals surface area (Å²) in [5, 5.41) is 0.820. The number of sulfone groups is 1. The van der Waals surface area contributed by atoms with Crippen LogP contribution in [-0.2, 0) is 14.6 Å². The summed E-state index contributed by atoms with van der Waals surface area (Å²) in [5.41, 5.74) is 0.361. The quantitative estimate of drug-likeness (QED) is 0.758. The van der Waals surface area contributed by atoms with Gasteiger partial charge >= 0.3 is 0 Å². The molecule has 4 rings (SSSR count). The fraction of sp³-hybridized carbons (Fsp3) is 0.412. The van der Waals surface area contributed by atoms with Crippen molar-refractivity contribution in [2.45, 2.75) is 17.4 Å². The molecule has 2 aliphatic heterocycles. The van der Waals surface area contributed by atoms with Crippen LogP contribution in [0.15, 0.2) is 35.4 Å². The maximum atomic E-state index is 12.7. The second kappa shape index (κ2) is 6.19. The van der Waals surface area contributed by atoms with E-state index in [9.17, 15) is 13.2 Å². The van der Waals surface area contributed by atoms with Crippen LogP contribution in [0.3, 0.4) is 0 Å². The molecule has 0 aliphatic carbocycles. The lowest BCUT2D eigenvalue weighted by molar-refractivity contribution is 0.104. The Kier molecular flexibility index (Phi) is 4.13. The average molecular weight is 378 g/mol. The molecule has 25 heavy (non-hydrogen) atoms. The maximum Gasteiger partial charge on any atom is 0.204 e. The molecule has 0 bridgehead atoms. The Morgan fingerprint density at radius 3 is 2.96 bits per heavy atom. The van der Waals surface area contributed by atoms with Crippen LogP contribution >= 0.6 is 11.3 Å². The minimum Gasteiger partial charge on any atom is -0.376 e. The molecule has 8 heteroatoms. The van der Waals surface area contributed by atoms with Gasteiger partial charge in [-0.05, 0) is 18.6 Å². The van der Waals surface area contributed by atoms with E-state index in [1.807, 2.05) is 0 Å². The number of nitrogens with zero attached hydrogens (tertiary/aromatic N) is 2. The number of carbonyl (C=O) groups excluding carboxylic acids is 1. The topological polar surface area (TPSA) is 76.6 Å². The summed E-state index contributed by atoms with van der Waals surface area (Å²) in [6.07, 6.45) is 4.06. The van der Waals surface area contributed by atoms with Gasteiger partial charge in [0.15, 0.2) is 15.0 Å². The summed E-state index contributed by atoms with van der Waals surface area (Å²) in [4.78, 5) is 19.9. The number of fused-ring (bicyclic) bond motifs is 1. The molecule has 2 fully saturated rings. The summed E-state index contributed by atoms with van der Waals surface area (Å²) in [6.45, 7) is 2.56. The number of hydrogen-bond donors (Lipinski definition) is 0. The molecule has 1 aromatic carbocycles. The first-order chi connectivity index (χ1) is 11.9. The van der Waals surface area contributed by atoms with Crippen molar-refractivity contribution in [2.24, 2.45) is 5.92 Å². The van der Waals surface area contributed by atoms with E-state index >= 15 is 0 Å². The molecule has 6 nitrogen and oxygen atoms in total. The van der Waals surface area contributed by atoms with Gasteiger partial charge in [-0.1, -0.05) is 23.5 Å². The van der Waals surface area contributed by atoms with Crippen LogP contribution in [0.2, 0.25) is 0 Å². The predicted octanol–water partition coefficient (Wildman–Crippen LogP) is 2.00. The maximum absolute atomic E-state index is 12.7. The van der Waals surface area contributed by atoms with Crippen molar-refractivity contribution in [1.29, 1.82) is 0 Å². The van der Waals surface area contributed by atoms with E-state index in [0.717, 1.165) is 37.5 Å². The van der Waals surface area contributed by atoms with E-state index in [2.05, 4.69) is 9.88 Å². The smallest absolute Gasteiger partial charge is 0.204 e. The number of hydrogen-bond acceptors (Lipinski definition) is 7. The standard InChI is InChI=1S/C17H18N2O4S2/c1-25(21,22)13-4-2-3-11(7-13)16(20)15-8-18-17(24-15)19-9-12-5-6-23-14(12)10-19/h2-4,7-8,12,14H,5-6,9-10H2,1H3. The average Bonchev–Trinajstić information content (AvgIpc) is 3.28. The highest BCUT2D eigenvalue weighted by molar-refractivity contribution is 7.90. The van der Waals surface area contributed by atoms with Crippen molar-refractivity contribution in [3.05, 3.63) is 40.9 Å². The molecule has 0 radical (unpaired) electrons. The highest BCUT2D eigenvalue weighted by Crippen LogP contribution is 2.34. The molecule has 2 saturated heterocycles. The summed E-state index contributed by atoms with van der Waals surface area (Å²) in [5.74, 6) is 0.347. The van der Waals surface area contributed by atoms with Gasteiger partial charge in [0, 0.05) is 37.4 Å². The SMILES string of the molecule is CS(=O)(=O)c1cccc(C(=O)c2cnc(N3CC4CCOC4C3)s2)c1. The van der Waals surface area contributed by atoms with E-state index in [0.29, 0.717) is 16.4 Å². The van der Waals surface area contributed by atoms with Crippen LogP contribution in [0, 0.1) is 5.92 Å². The lowest BCUT2D eigenvalue weighted by Crippen LogP contribution is -2.22. The highest BCUT2D eigenvalue weighted by Gasteiger charge is 2.38. The Hall–Kier alpha value is -1.77. The van der Waals surface area contributed by atoms with Crippen LogP contribution in [0.1, 0.15) is 21.7 Å². The molecule has 0 spiro atoms. The zero-order valence-corrected chi connectivity index (χ0v) is 15.3. The molecule has 1 aromatic heterocycles. The number of aromatic nitrogens is 1. The molecule has 132 valence electrons. The van der Waals surface area contributed by atoms with E-state index in [4.69, 9.17) is 4.74 Å². The first-order valence-corrected chi connectivity index (χ1v) is 10.8. The molecule has 0 amide bonds. The molecule has 2 unspecified atom stereocenters. The number of carbonyl (C=O) groups is 1. The minimum absolute atomic E-state index is 0.146. The van der Waals surface area contributed by atoms with Gasteiger partial charge in [0.2, 0.25) is 5.78 Å². The third kappa shape index (κ3) is 3.21. The van der Waals surface area contributed by atoms with Crippen molar-refractivity contribution in [3.63, 3.8) is 0 Å². The Morgan fingerprint density at radius 1 is 1.36 bits per heavy atom. The number of rotatable bonds is 4. The zero-order chi connectivity index (χ0) is 17.6. The van der Waals surface area contributed by atoms with Gasteiger partial charge in [-0.25, -0.2) is 13.4 Å². The normalized spacial score (nSPS) is 23.0. The van der Waals surface area contributed by atoms with Gasteiger partial charge in [-0.15, -0.1) is 0 Å². The van der Waals surface area contributed by atoms with Crippen molar-refractivity contribution in [1.82, 2.24) is 4.98 Å². The predicted molar refractivity (Wildman–Crippen MR) is 95.2 cm³/mol. The van der Waals surface area contributed by atoms with Gasteiger partial charge < -0.3 is 9.64 Å². The van der Waals surface area contributed by atoms with Gasteiger partial charge in [0.1, 0.15) is 0 Å². The van der Waals surface area contributed by atoms with Gasteiger partial charge in [0.05, 0.1) is 22.1 Å². The fourth-order valence-electron chi connectivity index (χ4n) is 3.36. The molecule has 0 N–H and O–H groups in total. The number of ketones is 1. The minimum atomic E-state index is -3.34. The Labute approximate surface area is 150 Å². The molecule has 2 aromatic rings. The monoisotopic (exact) mass is 378 g/mol. The third-order valence-corrected chi connectivity index (χ3v) is 6.88. The number of ether oxygens (including phenoxy) is 1. The second-order valence-corrected chi connectivity index (χ2v) is 9.52. The van der Waals surface area contributed by atoms with Crippen molar-refractivity contribution < 1.29 is 17.9 Å². The molecule has 3 heterocycles. The number of anilines is 1. The lowest BCUT2D eigenvalue weighted by Gasteiger charge is -2.14. The van der Waals surface area contributed by atoms with E-state index < -0.39 is 9.84 Å². The van der Waals surface area contributed by atoms with Crippen LogP contribution in [0.25, 0.3) is 0 Å². The highest BCUT2D eigenvalue weighted by atomic mass is 32.2. The lowest BCUT2D eigenvalue weighted by atomic mass is 10.1. The Balaban J connectivity index is 1.55. The number of thiazole rings is 1. The molecule has 2 aliphatic rings. The van der Waals surface area contributed by atoms with Gasteiger partial charge in [0.25, 0.3) is 0 Å². The van der Waals surface area contributed by atoms with Crippen molar-refractivity contribution in [3.8, 4) is 0 Å². The first-order valence-electron chi connectivity index (χ1n) is 8.09. The summed E-state index contributed by atoms with van der Waals surface area (Å²) in [7, 11) is -3.34. The van der Waals surface area contributed by atoms with Crippen molar-refractivity contribution >= 4 is 32.1 Å². The largest absolute Gasteiger partial charge is 0.376 e.